The standard InChI is InChI=1S/C16H27N3OS/c1-17-9-7-14-5-2-3-11-19(14)13-16(20)18-10-8-15-6-4-12-21-15/h4,6,12,14,17H,2-3,5,7-11,13H2,1H3,(H,18,20). The van der Waals surface area contributed by atoms with Gasteiger partial charge in [-0.1, -0.05) is 12.5 Å². The van der Waals surface area contributed by atoms with Crippen LogP contribution in [0.1, 0.15) is 30.6 Å². The molecule has 2 N–H and O–H groups in total. The molecule has 0 radical (unpaired) electrons. The first kappa shape index (κ1) is 16.5. The zero-order valence-electron chi connectivity index (χ0n) is 12.9. The number of likely N-dealkylation sites (tertiary alicyclic amines) is 1. The summed E-state index contributed by atoms with van der Waals surface area (Å²) in [6.07, 6.45) is 5.82. The van der Waals surface area contributed by atoms with Gasteiger partial charge < -0.3 is 10.6 Å². The Hall–Kier alpha value is -0.910. The summed E-state index contributed by atoms with van der Waals surface area (Å²) in [7, 11) is 1.99. The van der Waals surface area contributed by atoms with Crippen LogP contribution in [0.3, 0.4) is 0 Å². The molecule has 1 aliphatic heterocycles. The van der Waals surface area contributed by atoms with Crippen molar-refractivity contribution in [1.29, 1.82) is 0 Å². The minimum atomic E-state index is 0.169. The fraction of sp³-hybridized carbons (Fsp3) is 0.688. The van der Waals surface area contributed by atoms with Crippen molar-refractivity contribution in [2.24, 2.45) is 0 Å². The molecule has 1 aliphatic rings. The Bertz CT molecular complexity index is 408. The Labute approximate surface area is 131 Å². The number of thiophene rings is 1. The van der Waals surface area contributed by atoms with Crippen molar-refractivity contribution < 1.29 is 4.79 Å². The number of amides is 1. The van der Waals surface area contributed by atoms with E-state index in [0.717, 1.165) is 32.5 Å². The molecule has 1 amide bonds. The third kappa shape index (κ3) is 5.77. The summed E-state index contributed by atoms with van der Waals surface area (Å²) in [5, 5.41) is 8.35. The van der Waals surface area contributed by atoms with Crippen LogP contribution in [0.25, 0.3) is 0 Å². The molecule has 0 spiro atoms. The van der Waals surface area contributed by atoms with E-state index < -0.39 is 0 Å². The van der Waals surface area contributed by atoms with Crippen LogP contribution in [0, 0.1) is 0 Å². The van der Waals surface area contributed by atoms with Gasteiger partial charge in [-0.3, -0.25) is 9.69 Å². The SMILES string of the molecule is CNCCC1CCCCN1CC(=O)NCCc1cccs1. The van der Waals surface area contributed by atoms with Crippen LogP contribution in [-0.2, 0) is 11.2 Å². The van der Waals surface area contributed by atoms with Gasteiger partial charge in [-0.25, -0.2) is 0 Å². The number of carbonyl (C=O) groups is 1. The minimum absolute atomic E-state index is 0.169. The molecule has 1 atom stereocenters. The molecule has 21 heavy (non-hydrogen) atoms. The topological polar surface area (TPSA) is 44.4 Å². The van der Waals surface area contributed by atoms with E-state index in [4.69, 9.17) is 0 Å². The average molecular weight is 309 g/mol. The summed E-state index contributed by atoms with van der Waals surface area (Å²) >= 11 is 1.75. The Kier molecular flexibility index (Phi) is 7.19. The van der Waals surface area contributed by atoms with Crippen molar-refractivity contribution in [1.82, 2.24) is 15.5 Å². The van der Waals surface area contributed by atoms with Crippen molar-refractivity contribution in [2.45, 2.75) is 38.1 Å². The fourth-order valence-corrected chi connectivity index (χ4v) is 3.64. The lowest BCUT2D eigenvalue weighted by molar-refractivity contribution is -0.123. The van der Waals surface area contributed by atoms with Gasteiger partial charge in [0.15, 0.2) is 0 Å². The largest absolute Gasteiger partial charge is 0.355 e. The van der Waals surface area contributed by atoms with Gasteiger partial charge in [-0.05, 0) is 57.3 Å². The van der Waals surface area contributed by atoms with E-state index in [9.17, 15) is 4.79 Å². The highest BCUT2D eigenvalue weighted by Crippen LogP contribution is 2.18. The minimum Gasteiger partial charge on any atom is -0.355 e. The summed E-state index contributed by atoms with van der Waals surface area (Å²) in [5.41, 5.74) is 0. The van der Waals surface area contributed by atoms with Gasteiger partial charge in [0.1, 0.15) is 0 Å². The second-order valence-corrected chi connectivity index (χ2v) is 6.72. The predicted octanol–water partition coefficient (Wildman–Crippen LogP) is 1.87. The van der Waals surface area contributed by atoms with E-state index in [1.165, 1.54) is 24.1 Å². The first-order chi connectivity index (χ1) is 10.3. The lowest BCUT2D eigenvalue weighted by atomic mass is 9.99. The lowest BCUT2D eigenvalue weighted by Gasteiger charge is -2.35. The highest BCUT2D eigenvalue weighted by molar-refractivity contribution is 7.09. The van der Waals surface area contributed by atoms with Gasteiger partial charge >= 0.3 is 0 Å². The molecule has 1 saturated heterocycles. The highest BCUT2D eigenvalue weighted by atomic mass is 32.1. The summed E-state index contributed by atoms with van der Waals surface area (Å²) in [6, 6.07) is 4.74. The van der Waals surface area contributed by atoms with Gasteiger partial charge in [0.05, 0.1) is 6.54 Å². The molecular weight excluding hydrogens is 282 g/mol. The maximum atomic E-state index is 12.1. The third-order valence-corrected chi connectivity index (χ3v) is 5.03. The van der Waals surface area contributed by atoms with Crippen molar-refractivity contribution in [2.75, 3.05) is 33.2 Å². The maximum absolute atomic E-state index is 12.1. The van der Waals surface area contributed by atoms with Crippen LogP contribution in [0.2, 0.25) is 0 Å². The molecule has 2 heterocycles. The predicted molar refractivity (Wildman–Crippen MR) is 88.8 cm³/mol. The number of nitrogens with one attached hydrogen (secondary N) is 2. The van der Waals surface area contributed by atoms with E-state index in [1.807, 2.05) is 7.05 Å². The Balaban J connectivity index is 1.69. The first-order valence-corrected chi connectivity index (χ1v) is 8.85. The molecule has 4 nitrogen and oxygen atoms in total. The van der Waals surface area contributed by atoms with Crippen LogP contribution < -0.4 is 10.6 Å². The van der Waals surface area contributed by atoms with Crippen LogP contribution in [-0.4, -0.2) is 50.1 Å². The molecule has 1 aromatic rings. The van der Waals surface area contributed by atoms with E-state index in [-0.39, 0.29) is 5.91 Å². The van der Waals surface area contributed by atoms with E-state index in [2.05, 4.69) is 33.0 Å². The maximum Gasteiger partial charge on any atom is 0.234 e. The van der Waals surface area contributed by atoms with Crippen LogP contribution in [0.15, 0.2) is 17.5 Å². The molecule has 5 heteroatoms. The second kappa shape index (κ2) is 9.18. The second-order valence-electron chi connectivity index (χ2n) is 5.69. The quantitative estimate of drug-likeness (QED) is 0.770. The van der Waals surface area contributed by atoms with Crippen molar-refractivity contribution >= 4 is 17.2 Å². The average Bonchev–Trinajstić information content (AvgIpc) is 2.99. The monoisotopic (exact) mass is 309 g/mol. The zero-order chi connectivity index (χ0) is 14.9. The third-order valence-electron chi connectivity index (χ3n) is 4.10. The van der Waals surface area contributed by atoms with E-state index in [0.29, 0.717) is 12.6 Å². The number of piperidine rings is 1. The van der Waals surface area contributed by atoms with Crippen molar-refractivity contribution in [3.63, 3.8) is 0 Å². The fourth-order valence-electron chi connectivity index (χ4n) is 2.93. The Morgan fingerprint density at radius 1 is 1.43 bits per heavy atom. The van der Waals surface area contributed by atoms with E-state index in [1.54, 1.807) is 11.3 Å². The van der Waals surface area contributed by atoms with Crippen molar-refractivity contribution in [3.8, 4) is 0 Å². The van der Waals surface area contributed by atoms with Gasteiger partial charge in [-0.2, -0.15) is 0 Å². The van der Waals surface area contributed by atoms with Crippen LogP contribution >= 0.6 is 11.3 Å². The molecule has 118 valence electrons. The molecule has 0 aromatic carbocycles. The molecule has 1 aromatic heterocycles. The number of hydrogen-bond donors (Lipinski definition) is 2. The number of carbonyl (C=O) groups excluding carboxylic acids is 1. The number of nitrogens with zero attached hydrogens (tertiary/aromatic N) is 1. The molecule has 2 rings (SSSR count). The summed E-state index contributed by atoms with van der Waals surface area (Å²) in [4.78, 5) is 15.8. The molecule has 0 bridgehead atoms. The van der Waals surface area contributed by atoms with Crippen molar-refractivity contribution in [3.05, 3.63) is 22.4 Å². The number of hydrogen-bond acceptors (Lipinski definition) is 4. The molecule has 0 aliphatic carbocycles. The van der Waals surface area contributed by atoms with Gasteiger partial charge in [-0.15, -0.1) is 11.3 Å². The van der Waals surface area contributed by atoms with Crippen LogP contribution in [0.4, 0.5) is 0 Å². The zero-order valence-corrected chi connectivity index (χ0v) is 13.8. The summed E-state index contributed by atoms with van der Waals surface area (Å²) < 4.78 is 0. The summed E-state index contributed by atoms with van der Waals surface area (Å²) in [5.74, 6) is 0.169. The highest BCUT2D eigenvalue weighted by Gasteiger charge is 2.23. The Morgan fingerprint density at radius 2 is 2.33 bits per heavy atom. The first-order valence-electron chi connectivity index (χ1n) is 7.97. The Morgan fingerprint density at radius 3 is 3.10 bits per heavy atom. The number of rotatable bonds is 8. The van der Waals surface area contributed by atoms with E-state index >= 15 is 0 Å². The molecule has 0 saturated carbocycles. The molecular formula is C16H27N3OS. The van der Waals surface area contributed by atoms with Gasteiger partial charge in [0.2, 0.25) is 5.91 Å². The molecule has 1 fully saturated rings. The lowest BCUT2D eigenvalue weighted by Crippen LogP contribution is -2.46. The molecule has 1 unspecified atom stereocenters. The van der Waals surface area contributed by atoms with Gasteiger partial charge in [0.25, 0.3) is 0 Å². The smallest absolute Gasteiger partial charge is 0.234 e. The van der Waals surface area contributed by atoms with Gasteiger partial charge in [0, 0.05) is 17.5 Å². The normalized spacial score (nSPS) is 19.6. The summed E-state index contributed by atoms with van der Waals surface area (Å²) in [6.45, 7) is 3.39. The van der Waals surface area contributed by atoms with Crippen LogP contribution in [0.5, 0.6) is 0 Å².